The number of halogens is 1. The molecule has 0 fully saturated rings. The Morgan fingerprint density at radius 1 is 1.03 bits per heavy atom. The molecule has 7 nitrogen and oxygen atoms in total. The van der Waals surface area contributed by atoms with E-state index < -0.39 is 16.7 Å². The molecule has 0 N–H and O–H groups in total. The minimum atomic E-state index is -0.656. The Bertz CT molecular complexity index is 1200. The third-order valence-corrected chi connectivity index (χ3v) is 4.46. The van der Waals surface area contributed by atoms with Crippen LogP contribution in [0.5, 0.6) is 5.75 Å². The summed E-state index contributed by atoms with van der Waals surface area (Å²) in [7, 11) is 0. The summed E-state index contributed by atoms with van der Waals surface area (Å²) < 4.78 is 24.6. The van der Waals surface area contributed by atoms with Gasteiger partial charge < -0.3 is 9.47 Å². The van der Waals surface area contributed by atoms with Crippen LogP contribution in [0, 0.1) is 15.9 Å². The van der Waals surface area contributed by atoms with Crippen LogP contribution in [0.15, 0.2) is 83.5 Å². The van der Waals surface area contributed by atoms with Gasteiger partial charge in [-0.2, -0.15) is 0 Å². The van der Waals surface area contributed by atoms with Gasteiger partial charge in [-0.3, -0.25) is 10.1 Å². The number of carbonyl (C=O) groups excluding carboxylic acids is 1. The van der Waals surface area contributed by atoms with Crippen LogP contribution in [-0.4, -0.2) is 16.8 Å². The fraction of sp³-hybridized carbons (Fsp3) is 0.0435. The molecule has 0 saturated heterocycles. The Balaban J connectivity index is 1.43. The molecule has 8 heteroatoms. The van der Waals surface area contributed by atoms with Crippen molar-refractivity contribution >= 4 is 23.6 Å². The lowest BCUT2D eigenvalue weighted by molar-refractivity contribution is -0.384. The summed E-state index contributed by atoms with van der Waals surface area (Å²) >= 11 is 0. The summed E-state index contributed by atoms with van der Waals surface area (Å²) in [5.41, 5.74) is 1.69. The molecule has 0 bridgehead atoms. The SMILES string of the molecule is O=C1OC(c2ccccc2F)=N/C1=C/c1ccc(OCc2ccc([N+](=O)[O-])cc2)cc1. The van der Waals surface area contributed by atoms with Crippen molar-refractivity contribution in [3.63, 3.8) is 0 Å². The average molecular weight is 418 g/mol. The number of hydrogen-bond donors (Lipinski definition) is 0. The van der Waals surface area contributed by atoms with Gasteiger partial charge in [-0.15, -0.1) is 0 Å². The number of rotatable bonds is 6. The van der Waals surface area contributed by atoms with E-state index in [4.69, 9.17) is 9.47 Å². The van der Waals surface area contributed by atoms with Crippen LogP contribution in [0.4, 0.5) is 10.1 Å². The molecule has 0 spiro atoms. The maximum Gasteiger partial charge on any atom is 0.363 e. The zero-order chi connectivity index (χ0) is 21.8. The second-order valence-corrected chi connectivity index (χ2v) is 6.60. The molecule has 0 saturated carbocycles. The highest BCUT2D eigenvalue weighted by Gasteiger charge is 2.25. The second-order valence-electron chi connectivity index (χ2n) is 6.60. The first-order chi connectivity index (χ1) is 15.0. The van der Waals surface area contributed by atoms with E-state index in [-0.39, 0.29) is 29.5 Å². The molecule has 0 radical (unpaired) electrons. The van der Waals surface area contributed by atoms with Crippen molar-refractivity contribution in [2.24, 2.45) is 4.99 Å². The van der Waals surface area contributed by atoms with Crippen molar-refractivity contribution in [3.05, 3.63) is 111 Å². The Hall–Kier alpha value is -4.33. The van der Waals surface area contributed by atoms with E-state index in [9.17, 15) is 19.3 Å². The van der Waals surface area contributed by atoms with E-state index >= 15 is 0 Å². The van der Waals surface area contributed by atoms with E-state index in [0.29, 0.717) is 11.3 Å². The first kappa shape index (κ1) is 20.0. The molecule has 154 valence electrons. The first-order valence-corrected chi connectivity index (χ1v) is 9.23. The van der Waals surface area contributed by atoms with Gasteiger partial charge in [0, 0.05) is 12.1 Å². The molecule has 0 unspecified atom stereocenters. The summed E-state index contributed by atoms with van der Waals surface area (Å²) in [6, 6.07) is 19.0. The van der Waals surface area contributed by atoms with Gasteiger partial charge >= 0.3 is 5.97 Å². The van der Waals surface area contributed by atoms with Crippen molar-refractivity contribution < 1.29 is 23.6 Å². The molecular formula is C23H15FN2O5. The molecule has 0 aliphatic carbocycles. The van der Waals surface area contributed by atoms with Crippen LogP contribution >= 0.6 is 0 Å². The van der Waals surface area contributed by atoms with Gasteiger partial charge in [0.1, 0.15) is 18.2 Å². The van der Waals surface area contributed by atoms with Gasteiger partial charge in [0.25, 0.3) is 5.69 Å². The van der Waals surface area contributed by atoms with E-state index in [1.165, 1.54) is 36.4 Å². The molecule has 1 aliphatic heterocycles. The van der Waals surface area contributed by atoms with Crippen LogP contribution in [-0.2, 0) is 16.1 Å². The van der Waals surface area contributed by atoms with Gasteiger partial charge in [-0.25, -0.2) is 14.2 Å². The van der Waals surface area contributed by atoms with Gasteiger partial charge in [0.15, 0.2) is 5.70 Å². The van der Waals surface area contributed by atoms with Gasteiger partial charge in [-0.05, 0) is 53.6 Å². The molecule has 1 aliphatic rings. The van der Waals surface area contributed by atoms with E-state index in [1.807, 2.05) is 0 Å². The number of carbonyl (C=O) groups is 1. The highest BCUT2D eigenvalue weighted by atomic mass is 19.1. The zero-order valence-electron chi connectivity index (χ0n) is 16.0. The quantitative estimate of drug-likeness (QED) is 0.251. The molecule has 0 amide bonds. The lowest BCUT2D eigenvalue weighted by Gasteiger charge is -2.06. The lowest BCUT2D eigenvalue weighted by atomic mass is 10.2. The highest BCUT2D eigenvalue weighted by Crippen LogP contribution is 2.22. The van der Waals surface area contributed by atoms with E-state index in [2.05, 4.69) is 4.99 Å². The number of cyclic esters (lactones) is 1. The van der Waals surface area contributed by atoms with Crippen molar-refractivity contribution in [2.45, 2.75) is 6.61 Å². The largest absolute Gasteiger partial charge is 0.489 e. The standard InChI is InChI=1S/C23H15FN2O5/c24-20-4-2-1-3-19(20)22-25-21(23(27)31-22)13-15-7-11-18(12-8-15)30-14-16-5-9-17(10-6-16)26(28)29/h1-13H,14H2/b21-13+. The fourth-order valence-corrected chi connectivity index (χ4v) is 2.86. The third kappa shape index (κ3) is 4.64. The van der Waals surface area contributed by atoms with Crippen LogP contribution < -0.4 is 4.74 Å². The van der Waals surface area contributed by atoms with E-state index in [0.717, 1.165) is 5.56 Å². The van der Waals surface area contributed by atoms with Crippen molar-refractivity contribution in [2.75, 3.05) is 0 Å². The predicted octanol–water partition coefficient (Wildman–Crippen LogP) is 4.66. The molecule has 3 aromatic rings. The highest BCUT2D eigenvalue weighted by molar-refractivity contribution is 6.12. The van der Waals surface area contributed by atoms with Crippen molar-refractivity contribution in [3.8, 4) is 5.75 Å². The molecule has 3 aromatic carbocycles. The fourth-order valence-electron chi connectivity index (χ4n) is 2.86. The maximum atomic E-state index is 13.9. The molecule has 4 rings (SSSR count). The number of benzene rings is 3. The maximum absolute atomic E-state index is 13.9. The number of nitro groups is 1. The molecule has 0 aromatic heterocycles. The molecule has 31 heavy (non-hydrogen) atoms. The zero-order valence-corrected chi connectivity index (χ0v) is 16.0. The Morgan fingerprint density at radius 3 is 2.42 bits per heavy atom. The van der Waals surface area contributed by atoms with Crippen molar-refractivity contribution in [1.82, 2.24) is 0 Å². The first-order valence-electron chi connectivity index (χ1n) is 9.23. The van der Waals surface area contributed by atoms with Crippen LogP contribution in [0.3, 0.4) is 0 Å². The molecule has 1 heterocycles. The summed E-state index contributed by atoms with van der Waals surface area (Å²) in [6.45, 7) is 0.251. The van der Waals surface area contributed by atoms with Crippen molar-refractivity contribution in [1.29, 1.82) is 0 Å². The van der Waals surface area contributed by atoms with Crippen LogP contribution in [0.2, 0.25) is 0 Å². The number of esters is 1. The smallest absolute Gasteiger partial charge is 0.363 e. The third-order valence-electron chi connectivity index (χ3n) is 4.46. The number of non-ortho nitro benzene ring substituents is 1. The number of nitrogens with zero attached hydrogens (tertiary/aromatic N) is 2. The Morgan fingerprint density at radius 2 is 1.74 bits per heavy atom. The topological polar surface area (TPSA) is 91.0 Å². The molecular weight excluding hydrogens is 403 g/mol. The summed E-state index contributed by atoms with van der Waals surface area (Å²) in [6.07, 6.45) is 1.54. The predicted molar refractivity (Wildman–Crippen MR) is 111 cm³/mol. The normalized spacial score (nSPS) is 14.3. The van der Waals surface area contributed by atoms with Crippen LogP contribution in [0.25, 0.3) is 6.08 Å². The summed E-state index contributed by atoms with van der Waals surface area (Å²) in [5.74, 6) is -0.663. The lowest BCUT2D eigenvalue weighted by Crippen LogP contribution is -2.07. The second kappa shape index (κ2) is 8.58. The number of ether oxygens (including phenoxy) is 2. The summed E-state index contributed by atoms with van der Waals surface area (Å²) in [5, 5.41) is 10.7. The molecule has 0 atom stereocenters. The van der Waals surface area contributed by atoms with Gasteiger partial charge in [0.05, 0.1) is 10.5 Å². The average Bonchev–Trinajstić information content (AvgIpc) is 3.13. The number of nitro benzene ring substituents is 1. The monoisotopic (exact) mass is 418 g/mol. The Labute approximate surface area is 176 Å². The minimum Gasteiger partial charge on any atom is -0.489 e. The number of hydrogen-bond acceptors (Lipinski definition) is 6. The van der Waals surface area contributed by atoms with Gasteiger partial charge in [0.2, 0.25) is 5.90 Å². The minimum absolute atomic E-state index is 0.0207. The Kier molecular flexibility index (Phi) is 5.53. The van der Waals surface area contributed by atoms with E-state index in [1.54, 1.807) is 42.5 Å². The number of aliphatic imine (C=N–C) groups is 1. The van der Waals surface area contributed by atoms with Crippen LogP contribution in [0.1, 0.15) is 16.7 Å². The van der Waals surface area contributed by atoms with Gasteiger partial charge in [-0.1, -0.05) is 24.3 Å². The summed E-state index contributed by atoms with van der Waals surface area (Å²) in [4.78, 5) is 26.4.